The van der Waals surface area contributed by atoms with Gasteiger partial charge >= 0.3 is 0 Å². The van der Waals surface area contributed by atoms with Crippen molar-refractivity contribution >= 4 is 27.9 Å². The summed E-state index contributed by atoms with van der Waals surface area (Å²) in [7, 11) is 0. The van der Waals surface area contributed by atoms with E-state index in [1.165, 1.54) is 5.56 Å². The van der Waals surface area contributed by atoms with Crippen LogP contribution in [0.15, 0.2) is 16.6 Å². The fraction of sp³-hybridized carbons (Fsp3) is 0.300. The lowest BCUT2D eigenvalue weighted by molar-refractivity contribution is -0.109. The summed E-state index contributed by atoms with van der Waals surface area (Å²) in [6.07, 6.45) is 2.92. The fourth-order valence-electron chi connectivity index (χ4n) is 1.82. The van der Waals surface area contributed by atoms with E-state index in [1.807, 2.05) is 12.1 Å². The van der Waals surface area contributed by atoms with Gasteiger partial charge in [-0.3, -0.25) is 0 Å². The molecular formula is C10H10BrNO. The van der Waals surface area contributed by atoms with Crippen LogP contribution < -0.4 is 5.73 Å². The SMILES string of the molecule is Nc1cc2c(cc1Br)C(C=O)CC2. The Balaban J connectivity index is 2.53. The number of hydrogen-bond acceptors (Lipinski definition) is 2. The molecule has 0 radical (unpaired) electrons. The number of aryl methyl sites for hydroxylation is 1. The Kier molecular flexibility index (Phi) is 2.12. The smallest absolute Gasteiger partial charge is 0.127 e. The van der Waals surface area contributed by atoms with Crippen molar-refractivity contribution in [1.82, 2.24) is 0 Å². The number of aldehydes is 1. The monoisotopic (exact) mass is 239 g/mol. The van der Waals surface area contributed by atoms with Crippen molar-refractivity contribution in [3.05, 3.63) is 27.7 Å². The summed E-state index contributed by atoms with van der Waals surface area (Å²) in [5.74, 6) is 0.0758. The first-order chi connectivity index (χ1) is 6.22. The largest absolute Gasteiger partial charge is 0.398 e. The molecule has 1 aromatic rings. The molecule has 0 bridgehead atoms. The van der Waals surface area contributed by atoms with E-state index in [1.54, 1.807) is 0 Å². The molecule has 2 nitrogen and oxygen atoms in total. The highest BCUT2D eigenvalue weighted by Crippen LogP contribution is 2.36. The van der Waals surface area contributed by atoms with Gasteiger partial charge in [-0.15, -0.1) is 0 Å². The maximum atomic E-state index is 10.7. The molecule has 0 saturated carbocycles. The molecule has 1 atom stereocenters. The quantitative estimate of drug-likeness (QED) is 0.604. The number of anilines is 1. The first-order valence-corrected chi connectivity index (χ1v) is 5.04. The Hall–Kier alpha value is -0.830. The summed E-state index contributed by atoms with van der Waals surface area (Å²) in [4.78, 5) is 10.7. The van der Waals surface area contributed by atoms with Crippen LogP contribution in [0.4, 0.5) is 5.69 Å². The van der Waals surface area contributed by atoms with Gasteiger partial charge in [-0.1, -0.05) is 0 Å². The highest BCUT2D eigenvalue weighted by Gasteiger charge is 2.22. The third-order valence-electron chi connectivity index (χ3n) is 2.55. The topological polar surface area (TPSA) is 43.1 Å². The molecule has 3 heteroatoms. The zero-order valence-electron chi connectivity index (χ0n) is 7.09. The Bertz CT molecular complexity index is 362. The summed E-state index contributed by atoms with van der Waals surface area (Å²) in [5, 5.41) is 0. The zero-order chi connectivity index (χ0) is 9.42. The minimum absolute atomic E-state index is 0.0758. The van der Waals surface area contributed by atoms with Crippen molar-refractivity contribution in [2.45, 2.75) is 18.8 Å². The maximum Gasteiger partial charge on any atom is 0.127 e. The van der Waals surface area contributed by atoms with Crippen LogP contribution in [0.1, 0.15) is 23.5 Å². The second-order valence-electron chi connectivity index (χ2n) is 3.35. The van der Waals surface area contributed by atoms with Gasteiger partial charge in [-0.05, 0) is 52.0 Å². The van der Waals surface area contributed by atoms with Gasteiger partial charge in [0.1, 0.15) is 6.29 Å². The Morgan fingerprint density at radius 2 is 2.31 bits per heavy atom. The Labute approximate surface area is 85.3 Å². The molecule has 1 aliphatic rings. The molecule has 0 fully saturated rings. The summed E-state index contributed by atoms with van der Waals surface area (Å²) < 4.78 is 0.889. The molecule has 13 heavy (non-hydrogen) atoms. The summed E-state index contributed by atoms with van der Waals surface area (Å²) >= 11 is 3.36. The molecule has 68 valence electrons. The van der Waals surface area contributed by atoms with Crippen molar-refractivity contribution < 1.29 is 4.79 Å². The Morgan fingerprint density at radius 1 is 1.54 bits per heavy atom. The Morgan fingerprint density at radius 3 is 3.00 bits per heavy atom. The van der Waals surface area contributed by atoms with Crippen molar-refractivity contribution in [3.8, 4) is 0 Å². The van der Waals surface area contributed by atoms with Crippen LogP contribution in [-0.2, 0) is 11.2 Å². The summed E-state index contributed by atoms with van der Waals surface area (Å²) in [5.41, 5.74) is 8.85. The number of nitrogen functional groups attached to an aromatic ring is 1. The molecule has 0 spiro atoms. The van der Waals surface area contributed by atoms with Crippen LogP contribution in [0.25, 0.3) is 0 Å². The van der Waals surface area contributed by atoms with E-state index in [0.29, 0.717) is 0 Å². The van der Waals surface area contributed by atoms with Crippen LogP contribution in [0, 0.1) is 0 Å². The predicted octanol–water partition coefficient (Wildman–Crippen LogP) is 2.26. The van der Waals surface area contributed by atoms with Crippen molar-refractivity contribution in [3.63, 3.8) is 0 Å². The minimum atomic E-state index is 0.0758. The van der Waals surface area contributed by atoms with Gasteiger partial charge in [0.15, 0.2) is 0 Å². The van der Waals surface area contributed by atoms with Crippen molar-refractivity contribution in [2.24, 2.45) is 0 Å². The van der Waals surface area contributed by atoms with Crippen molar-refractivity contribution in [1.29, 1.82) is 0 Å². The van der Waals surface area contributed by atoms with Crippen LogP contribution in [0.3, 0.4) is 0 Å². The first-order valence-electron chi connectivity index (χ1n) is 4.25. The zero-order valence-corrected chi connectivity index (χ0v) is 8.67. The standard InChI is InChI=1S/C10H10BrNO/c11-9-4-8-6(3-10(9)12)1-2-7(8)5-13/h3-5,7H,1-2,12H2. The number of carbonyl (C=O) groups is 1. The molecule has 1 unspecified atom stereocenters. The molecule has 0 aliphatic heterocycles. The number of nitrogens with two attached hydrogens (primary N) is 1. The average molecular weight is 240 g/mol. The molecule has 0 saturated heterocycles. The highest BCUT2D eigenvalue weighted by atomic mass is 79.9. The van der Waals surface area contributed by atoms with E-state index >= 15 is 0 Å². The molecule has 0 aromatic heterocycles. The van der Waals surface area contributed by atoms with Gasteiger partial charge in [-0.2, -0.15) is 0 Å². The molecular weight excluding hydrogens is 230 g/mol. The maximum absolute atomic E-state index is 10.7. The van der Waals surface area contributed by atoms with E-state index in [2.05, 4.69) is 15.9 Å². The molecule has 0 heterocycles. The van der Waals surface area contributed by atoms with Crippen LogP contribution in [0.5, 0.6) is 0 Å². The number of hydrogen-bond donors (Lipinski definition) is 1. The van der Waals surface area contributed by atoms with E-state index in [-0.39, 0.29) is 5.92 Å². The molecule has 2 N–H and O–H groups in total. The van der Waals surface area contributed by atoms with E-state index in [9.17, 15) is 4.79 Å². The van der Waals surface area contributed by atoms with Gasteiger partial charge in [0, 0.05) is 16.1 Å². The molecule has 2 rings (SSSR count). The van der Waals surface area contributed by atoms with E-state index < -0.39 is 0 Å². The number of fused-ring (bicyclic) bond motifs is 1. The average Bonchev–Trinajstić information content (AvgIpc) is 2.48. The third kappa shape index (κ3) is 1.37. The lowest BCUT2D eigenvalue weighted by Crippen LogP contribution is -1.95. The van der Waals surface area contributed by atoms with E-state index in [0.717, 1.165) is 34.9 Å². The van der Waals surface area contributed by atoms with E-state index in [4.69, 9.17) is 5.73 Å². The molecule has 1 aliphatic carbocycles. The minimum Gasteiger partial charge on any atom is -0.398 e. The second-order valence-corrected chi connectivity index (χ2v) is 4.21. The summed E-state index contributed by atoms with van der Waals surface area (Å²) in [6.45, 7) is 0. The van der Waals surface area contributed by atoms with Gasteiger partial charge in [0.2, 0.25) is 0 Å². The normalized spacial score (nSPS) is 19.9. The molecule has 1 aromatic carbocycles. The van der Waals surface area contributed by atoms with Gasteiger partial charge in [0.05, 0.1) is 0 Å². The first kappa shape index (κ1) is 8.75. The predicted molar refractivity (Wildman–Crippen MR) is 55.7 cm³/mol. The lowest BCUT2D eigenvalue weighted by atomic mass is 10.0. The van der Waals surface area contributed by atoms with Crippen LogP contribution in [-0.4, -0.2) is 6.29 Å². The summed E-state index contributed by atoms with van der Waals surface area (Å²) in [6, 6.07) is 3.93. The van der Waals surface area contributed by atoms with Crippen molar-refractivity contribution in [2.75, 3.05) is 5.73 Å². The van der Waals surface area contributed by atoms with Gasteiger partial charge in [0.25, 0.3) is 0 Å². The van der Waals surface area contributed by atoms with Gasteiger partial charge in [-0.25, -0.2) is 0 Å². The number of rotatable bonds is 1. The number of halogens is 1. The number of carbonyl (C=O) groups excluding carboxylic acids is 1. The highest BCUT2D eigenvalue weighted by molar-refractivity contribution is 9.10. The molecule has 0 amide bonds. The second kappa shape index (κ2) is 3.14. The van der Waals surface area contributed by atoms with Crippen LogP contribution in [0.2, 0.25) is 0 Å². The fourth-order valence-corrected chi connectivity index (χ4v) is 2.18. The van der Waals surface area contributed by atoms with Gasteiger partial charge < -0.3 is 10.5 Å². The number of benzene rings is 1. The lowest BCUT2D eigenvalue weighted by Gasteiger charge is -2.05. The third-order valence-corrected chi connectivity index (χ3v) is 3.23. The van der Waals surface area contributed by atoms with Crippen LogP contribution >= 0.6 is 15.9 Å².